The van der Waals surface area contributed by atoms with Gasteiger partial charge in [0.05, 0.1) is 10.0 Å². The minimum Gasteiger partial charge on any atom is -0.488 e. The maximum absolute atomic E-state index is 10.8. The van der Waals surface area contributed by atoms with E-state index in [0.29, 0.717) is 22.4 Å². The van der Waals surface area contributed by atoms with E-state index in [9.17, 15) is 4.79 Å². The van der Waals surface area contributed by atoms with Crippen molar-refractivity contribution in [2.45, 2.75) is 6.61 Å². The van der Waals surface area contributed by atoms with Crippen molar-refractivity contribution >= 4 is 35.2 Å². The minimum absolute atomic E-state index is 0.346. The van der Waals surface area contributed by atoms with Crippen LogP contribution in [0.5, 0.6) is 5.75 Å². The molecule has 0 aromatic heterocycles. The van der Waals surface area contributed by atoms with E-state index in [1.54, 1.807) is 18.2 Å². The monoisotopic (exact) mass is 321 g/mol. The summed E-state index contributed by atoms with van der Waals surface area (Å²) in [6, 6.07) is 12.7. The highest BCUT2D eigenvalue weighted by molar-refractivity contribution is 6.42. The van der Waals surface area contributed by atoms with Crippen molar-refractivity contribution in [3.63, 3.8) is 0 Å². The molecule has 0 heterocycles. The molecule has 0 saturated heterocycles. The number of halogens is 2. The van der Waals surface area contributed by atoms with Gasteiger partial charge in [0.15, 0.2) is 0 Å². The Bertz CT molecular complexity index is 684. The molecule has 0 spiro atoms. The lowest BCUT2D eigenvalue weighted by molar-refractivity contribution is -0.113. The van der Waals surface area contributed by atoms with E-state index < -0.39 is 5.91 Å². The second-order valence-corrected chi connectivity index (χ2v) is 5.13. The van der Waals surface area contributed by atoms with Crippen LogP contribution in [0.25, 0.3) is 6.08 Å². The molecule has 2 N–H and O–H groups in total. The Labute approximate surface area is 132 Å². The van der Waals surface area contributed by atoms with Gasteiger partial charge in [0.2, 0.25) is 5.91 Å². The van der Waals surface area contributed by atoms with Crippen molar-refractivity contribution in [1.29, 1.82) is 0 Å². The maximum atomic E-state index is 10.8. The number of hydrogen-bond acceptors (Lipinski definition) is 2. The van der Waals surface area contributed by atoms with Gasteiger partial charge in [-0.25, -0.2) is 0 Å². The molecule has 0 unspecified atom stereocenters. The number of hydrogen-bond donors (Lipinski definition) is 1. The topological polar surface area (TPSA) is 52.3 Å². The van der Waals surface area contributed by atoms with Crippen LogP contribution in [0.15, 0.2) is 48.5 Å². The predicted octanol–water partition coefficient (Wildman–Crippen LogP) is 4.07. The van der Waals surface area contributed by atoms with Crippen LogP contribution in [0.3, 0.4) is 0 Å². The van der Waals surface area contributed by atoms with E-state index in [2.05, 4.69) is 0 Å². The van der Waals surface area contributed by atoms with Crippen LogP contribution >= 0.6 is 23.2 Å². The Morgan fingerprint density at radius 1 is 1.14 bits per heavy atom. The number of amides is 1. The normalized spacial score (nSPS) is 10.8. The molecule has 21 heavy (non-hydrogen) atoms. The van der Waals surface area contributed by atoms with Gasteiger partial charge in [-0.05, 0) is 29.8 Å². The first-order valence-electron chi connectivity index (χ1n) is 6.19. The van der Waals surface area contributed by atoms with Crippen molar-refractivity contribution in [2.75, 3.05) is 0 Å². The third-order valence-corrected chi connectivity index (χ3v) is 3.46. The summed E-state index contributed by atoms with van der Waals surface area (Å²) in [5.41, 5.74) is 6.77. The minimum atomic E-state index is -0.505. The standard InChI is InChI=1S/C16H13Cl2NO2/c17-13-7-5-11(9-14(13)18)10-21-15-4-2-1-3-12(15)6-8-16(19)20/h1-9H,10H2,(H2,19,20). The number of rotatable bonds is 5. The molecule has 2 aromatic rings. The van der Waals surface area contributed by atoms with Crippen molar-refractivity contribution in [3.05, 3.63) is 69.7 Å². The Morgan fingerprint density at radius 3 is 2.62 bits per heavy atom. The first-order chi connectivity index (χ1) is 10.1. The van der Waals surface area contributed by atoms with Crippen molar-refractivity contribution in [3.8, 4) is 5.75 Å². The number of carbonyl (C=O) groups is 1. The summed E-state index contributed by atoms with van der Waals surface area (Å²) >= 11 is 11.8. The molecule has 3 nitrogen and oxygen atoms in total. The molecular formula is C16H13Cl2NO2. The van der Waals surface area contributed by atoms with Gasteiger partial charge >= 0.3 is 0 Å². The van der Waals surface area contributed by atoms with E-state index >= 15 is 0 Å². The van der Waals surface area contributed by atoms with E-state index in [1.165, 1.54) is 6.08 Å². The molecular weight excluding hydrogens is 309 g/mol. The van der Waals surface area contributed by atoms with Gasteiger partial charge in [0.1, 0.15) is 12.4 Å². The first-order valence-corrected chi connectivity index (χ1v) is 6.95. The molecule has 0 saturated carbocycles. The summed E-state index contributed by atoms with van der Waals surface area (Å²) in [5.74, 6) is 0.148. The fourth-order valence-electron chi connectivity index (χ4n) is 1.71. The summed E-state index contributed by atoms with van der Waals surface area (Å²) in [4.78, 5) is 10.8. The molecule has 108 valence electrons. The second kappa shape index (κ2) is 7.16. The summed E-state index contributed by atoms with van der Waals surface area (Å²) in [6.07, 6.45) is 2.91. The fraction of sp³-hybridized carbons (Fsp3) is 0.0625. The summed E-state index contributed by atoms with van der Waals surface area (Å²) in [7, 11) is 0. The molecule has 2 aromatic carbocycles. The highest BCUT2D eigenvalue weighted by Crippen LogP contribution is 2.25. The molecule has 0 bridgehead atoms. The number of benzene rings is 2. The van der Waals surface area contributed by atoms with Gasteiger partial charge in [0.25, 0.3) is 0 Å². The van der Waals surface area contributed by atoms with Gasteiger partial charge < -0.3 is 10.5 Å². The highest BCUT2D eigenvalue weighted by atomic mass is 35.5. The van der Waals surface area contributed by atoms with Crippen LogP contribution in [-0.4, -0.2) is 5.91 Å². The van der Waals surface area contributed by atoms with E-state index in [1.807, 2.05) is 30.3 Å². The second-order valence-electron chi connectivity index (χ2n) is 4.31. The Morgan fingerprint density at radius 2 is 1.90 bits per heavy atom. The molecule has 2 rings (SSSR count). The van der Waals surface area contributed by atoms with Crippen LogP contribution in [0.4, 0.5) is 0 Å². The third kappa shape index (κ3) is 4.52. The fourth-order valence-corrected chi connectivity index (χ4v) is 2.03. The first kappa shape index (κ1) is 15.4. The zero-order valence-electron chi connectivity index (χ0n) is 11.1. The lowest BCUT2D eigenvalue weighted by Gasteiger charge is -2.09. The lowest BCUT2D eigenvalue weighted by atomic mass is 10.2. The van der Waals surface area contributed by atoms with Crippen LogP contribution in [0.1, 0.15) is 11.1 Å². The lowest BCUT2D eigenvalue weighted by Crippen LogP contribution is -2.05. The summed E-state index contributed by atoms with van der Waals surface area (Å²) < 4.78 is 5.75. The van der Waals surface area contributed by atoms with E-state index in [4.69, 9.17) is 33.7 Å². The number of carbonyl (C=O) groups excluding carboxylic acids is 1. The van der Waals surface area contributed by atoms with E-state index in [-0.39, 0.29) is 0 Å². The van der Waals surface area contributed by atoms with Gasteiger partial charge in [-0.3, -0.25) is 4.79 Å². The molecule has 0 aliphatic carbocycles. The third-order valence-electron chi connectivity index (χ3n) is 2.72. The quantitative estimate of drug-likeness (QED) is 0.844. The number of ether oxygens (including phenoxy) is 1. The molecule has 0 radical (unpaired) electrons. The average molecular weight is 322 g/mol. The van der Waals surface area contributed by atoms with Crippen LogP contribution in [0, 0.1) is 0 Å². The SMILES string of the molecule is NC(=O)C=Cc1ccccc1OCc1ccc(Cl)c(Cl)c1. The average Bonchev–Trinajstić information content (AvgIpc) is 2.47. The van der Waals surface area contributed by atoms with Gasteiger partial charge in [-0.15, -0.1) is 0 Å². The summed E-state index contributed by atoms with van der Waals surface area (Å²) in [6.45, 7) is 0.346. The van der Waals surface area contributed by atoms with Gasteiger partial charge in [0, 0.05) is 11.6 Å². The molecule has 0 fully saturated rings. The maximum Gasteiger partial charge on any atom is 0.241 e. The molecule has 0 aliphatic heterocycles. The van der Waals surface area contributed by atoms with Crippen LogP contribution in [0.2, 0.25) is 10.0 Å². The Balaban J connectivity index is 2.12. The predicted molar refractivity (Wildman–Crippen MR) is 85.5 cm³/mol. The van der Waals surface area contributed by atoms with Crippen molar-refractivity contribution < 1.29 is 9.53 Å². The number of nitrogens with two attached hydrogens (primary N) is 1. The van der Waals surface area contributed by atoms with Gasteiger partial charge in [-0.1, -0.05) is 47.5 Å². The smallest absolute Gasteiger partial charge is 0.241 e. The zero-order valence-corrected chi connectivity index (χ0v) is 12.6. The molecule has 0 atom stereocenters. The number of primary amides is 1. The zero-order chi connectivity index (χ0) is 15.2. The van der Waals surface area contributed by atoms with E-state index in [0.717, 1.165) is 11.1 Å². The Kier molecular flexibility index (Phi) is 5.26. The Hall–Kier alpha value is -1.97. The van der Waals surface area contributed by atoms with Crippen LogP contribution in [-0.2, 0) is 11.4 Å². The highest BCUT2D eigenvalue weighted by Gasteiger charge is 2.03. The van der Waals surface area contributed by atoms with Crippen molar-refractivity contribution in [2.24, 2.45) is 5.73 Å². The summed E-state index contributed by atoms with van der Waals surface area (Å²) in [5, 5.41) is 0.991. The molecule has 0 aliphatic rings. The van der Waals surface area contributed by atoms with Crippen molar-refractivity contribution in [1.82, 2.24) is 0 Å². The largest absolute Gasteiger partial charge is 0.488 e. The number of para-hydroxylation sites is 1. The van der Waals surface area contributed by atoms with Gasteiger partial charge in [-0.2, -0.15) is 0 Å². The van der Waals surface area contributed by atoms with Crippen LogP contribution < -0.4 is 10.5 Å². The molecule has 1 amide bonds. The molecule has 5 heteroatoms.